The van der Waals surface area contributed by atoms with E-state index in [0.29, 0.717) is 11.1 Å². The molecule has 0 fully saturated rings. The van der Waals surface area contributed by atoms with E-state index in [0.717, 1.165) is 0 Å². The fourth-order valence-corrected chi connectivity index (χ4v) is 2.16. The number of pyridine rings is 1. The molecule has 0 amide bonds. The Morgan fingerprint density at radius 1 is 1.28 bits per heavy atom. The number of alkyl halides is 3. The van der Waals surface area contributed by atoms with E-state index in [1.54, 1.807) is 19.2 Å². The van der Waals surface area contributed by atoms with Crippen LogP contribution in [0.15, 0.2) is 18.2 Å². The van der Waals surface area contributed by atoms with Gasteiger partial charge in [-0.2, -0.15) is 13.2 Å². The number of nitrogens with one attached hydrogen (secondary N) is 1. The summed E-state index contributed by atoms with van der Waals surface area (Å²) < 4.78 is 38.7. The molecule has 0 spiro atoms. The Kier molecular flexibility index (Phi) is 3.11. The van der Waals surface area contributed by atoms with E-state index in [2.05, 4.69) is 10.3 Å². The standard InChI is InChI=1S/C12H10ClF3N2/c1-6-9(17-2)7-4-3-5-8(13)10(7)18-11(6)12(14,15)16/h3-5H,1-2H3,(H,17,18). The number of benzene rings is 1. The highest BCUT2D eigenvalue weighted by Crippen LogP contribution is 2.38. The average Bonchev–Trinajstić information content (AvgIpc) is 2.27. The molecule has 1 N–H and O–H groups in total. The summed E-state index contributed by atoms with van der Waals surface area (Å²) in [5.41, 5.74) is -0.288. The van der Waals surface area contributed by atoms with Gasteiger partial charge in [0.15, 0.2) is 0 Å². The number of rotatable bonds is 1. The summed E-state index contributed by atoms with van der Waals surface area (Å²) in [6.45, 7) is 1.39. The summed E-state index contributed by atoms with van der Waals surface area (Å²) in [7, 11) is 1.57. The Morgan fingerprint density at radius 3 is 2.50 bits per heavy atom. The van der Waals surface area contributed by atoms with E-state index in [1.807, 2.05) is 0 Å². The molecule has 0 atom stereocenters. The lowest BCUT2D eigenvalue weighted by molar-refractivity contribution is -0.141. The third-order valence-electron chi connectivity index (χ3n) is 2.73. The highest BCUT2D eigenvalue weighted by molar-refractivity contribution is 6.35. The molecule has 0 aliphatic heterocycles. The van der Waals surface area contributed by atoms with Crippen LogP contribution in [0.2, 0.25) is 5.02 Å². The van der Waals surface area contributed by atoms with E-state index in [9.17, 15) is 13.2 Å². The Bertz CT molecular complexity index is 608. The molecular weight excluding hydrogens is 265 g/mol. The van der Waals surface area contributed by atoms with Crippen LogP contribution in [0.4, 0.5) is 18.9 Å². The topological polar surface area (TPSA) is 24.9 Å². The van der Waals surface area contributed by atoms with Crippen LogP contribution in [-0.4, -0.2) is 12.0 Å². The predicted octanol–water partition coefficient (Wildman–Crippen LogP) is 4.26. The molecular formula is C12H10ClF3N2. The van der Waals surface area contributed by atoms with Gasteiger partial charge in [-0.1, -0.05) is 23.7 Å². The molecule has 18 heavy (non-hydrogen) atoms. The maximum atomic E-state index is 12.9. The smallest absolute Gasteiger partial charge is 0.387 e. The molecule has 0 saturated heterocycles. The summed E-state index contributed by atoms with van der Waals surface area (Å²) in [5.74, 6) is 0. The molecule has 6 heteroatoms. The maximum Gasteiger partial charge on any atom is 0.433 e. The van der Waals surface area contributed by atoms with Crippen LogP contribution in [0, 0.1) is 6.92 Å². The van der Waals surface area contributed by atoms with Crippen LogP contribution >= 0.6 is 11.6 Å². The average molecular weight is 275 g/mol. The molecule has 0 saturated carbocycles. The van der Waals surface area contributed by atoms with Crippen molar-refractivity contribution in [3.8, 4) is 0 Å². The molecule has 0 aliphatic rings. The van der Waals surface area contributed by atoms with Crippen LogP contribution in [-0.2, 0) is 6.18 Å². The van der Waals surface area contributed by atoms with Gasteiger partial charge < -0.3 is 5.32 Å². The van der Waals surface area contributed by atoms with Crippen molar-refractivity contribution in [1.82, 2.24) is 4.98 Å². The highest BCUT2D eigenvalue weighted by Gasteiger charge is 2.36. The predicted molar refractivity (Wildman–Crippen MR) is 66.0 cm³/mol. The largest absolute Gasteiger partial charge is 0.433 e. The number of halogens is 4. The minimum Gasteiger partial charge on any atom is -0.387 e. The number of para-hydroxylation sites is 1. The minimum atomic E-state index is -4.50. The number of hydrogen-bond donors (Lipinski definition) is 1. The van der Waals surface area contributed by atoms with Crippen molar-refractivity contribution in [2.45, 2.75) is 13.1 Å². The van der Waals surface area contributed by atoms with Crippen molar-refractivity contribution < 1.29 is 13.2 Å². The van der Waals surface area contributed by atoms with E-state index < -0.39 is 11.9 Å². The third kappa shape index (κ3) is 1.99. The molecule has 1 aromatic heterocycles. The molecule has 1 aromatic carbocycles. The Morgan fingerprint density at radius 2 is 1.94 bits per heavy atom. The normalized spacial score (nSPS) is 11.9. The van der Waals surface area contributed by atoms with E-state index in [-0.39, 0.29) is 16.1 Å². The number of fused-ring (bicyclic) bond motifs is 1. The van der Waals surface area contributed by atoms with Gasteiger partial charge in [-0.15, -0.1) is 0 Å². The van der Waals surface area contributed by atoms with Gasteiger partial charge in [0, 0.05) is 23.7 Å². The molecule has 96 valence electrons. The second kappa shape index (κ2) is 4.31. The fourth-order valence-electron chi connectivity index (χ4n) is 1.94. The van der Waals surface area contributed by atoms with Gasteiger partial charge in [0.2, 0.25) is 0 Å². The van der Waals surface area contributed by atoms with Gasteiger partial charge in [-0.3, -0.25) is 0 Å². The van der Waals surface area contributed by atoms with Crippen LogP contribution in [0.25, 0.3) is 10.9 Å². The zero-order chi connectivity index (χ0) is 13.5. The zero-order valence-electron chi connectivity index (χ0n) is 9.69. The Hall–Kier alpha value is -1.49. The van der Waals surface area contributed by atoms with Gasteiger partial charge in [-0.25, -0.2) is 4.98 Å². The van der Waals surface area contributed by atoms with Crippen molar-refractivity contribution in [2.24, 2.45) is 0 Å². The monoisotopic (exact) mass is 274 g/mol. The van der Waals surface area contributed by atoms with Crippen molar-refractivity contribution in [2.75, 3.05) is 12.4 Å². The third-order valence-corrected chi connectivity index (χ3v) is 3.03. The van der Waals surface area contributed by atoms with Gasteiger partial charge in [0.05, 0.1) is 10.5 Å². The molecule has 2 rings (SSSR count). The zero-order valence-corrected chi connectivity index (χ0v) is 10.4. The molecule has 0 aliphatic carbocycles. The van der Waals surface area contributed by atoms with Crippen LogP contribution < -0.4 is 5.32 Å². The quantitative estimate of drug-likeness (QED) is 0.840. The number of nitrogens with zero attached hydrogens (tertiary/aromatic N) is 1. The second-order valence-corrected chi connectivity index (χ2v) is 4.25. The Balaban J connectivity index is 2.92. The summed E-state index contributed by atoms with van der Waals surface area (Å²) in [4.78, 5) is 3.66. The SMILES string of the molecule is CNc1c(C)c(C(F)(F)F)nc2c(Cl)cccc12. The van der Waals surface area contributed by atoms with Gasteiger partial charge in [0.25, 0.3) is 0 Å². The van der Waals surface area contributed by atoms with E-state index in [4.69, 9.17) is 11.6 Å². The lowest BCUT2D eigenvalue weighted by Gasteiger charge is -2.16. The van der Waals surface area contributed by atoms with Crippen molar-refractivity contribution in [3.63, 3.8) is 0 Å². The van der Waals surface area contributed by atoms with Crippen LogP contribution in [0.3, 0.4) is 0 Å². The van der Waals surface area contributed by atoms with Crippen molar-refractivity contribution in [3.05, 3.63) is 34.5 Å². The molecule has 0 bridgehead atoms. The molecule has 0 radical (unpaired) electrons. The lowest BCUT2D eigenvalue weighted by Crippen LogP contribution is -2.12. The van der Waals surface area contributed by atoms with Gasteiger partial charge >= 0.3 is 6.18 Å². The fraction of sp³-hybridized carbons (Fsp3) is 0.250. The highest BCUT2D eigenvalue weighted by atomic mass is 35.5. The van der Waals surface area contributed by atoms with Crippen molar-refractivity contribution in [1.29, 1.82) is 0 Å². The first kappa shape index (κ1) is 13.0. The summed E-state index contributed by atoms with van der Waals surface area (Å²) >= 11 is 5.90. The summed E-state index contributed by atoms with van der Waals surface area (Å²) in [5, 5.41) is 3.56. The first-order valence-corrected chi connectivity index (χ1v) is 5.58. The summed E-state index contributed by atoms with van der Waals surface area (Å²) in [6, 6.07) is 4.89. The number of anilines is 1. The Labute approximate surface area is 107 Å². The van der Waals surface area contributed by atoms with Crippen molar-refractivity contribution >= 4 is 28.2 Å². The molecule has 2 aromatic rings. The number of aromatic nitrogens is 1. The molecule has 0 unspecified atom stereocenters. The lowest BCUT2D eigenvalue weighted by atomic mass is 10.1. The molecule has 2 nitrogen and oxygen atoms in total. The van der Waals surface area contributed by atoms with E-state index in [1.165, 1.54) is 13.0 Å². The van der Waals surface area contributed by atoms with Gasteiger partial charge in [-0.05, 0) is 13.0 Å². The first-order valence-electron chi connectivity index (χ1n) is 5.20. The van der Waals surface area contributed by atoms with Crippen LogP contribution in [0.1, 0.15) is 11.3 Å². The van der Waals surface area contributed by atoms with E-state index >= 15 is 0 Å². The summed E-state index contributed by atoms with van der Waals surface area (Å²) in [6.07, 6.45) is -4.50. The molecule has 1 heterocycles. The second-order valence-electron chi connectivity index (χ2n) is 3.84. The van der Waals surface area contributed by atoms with Gasteiger partial charge in [0.1, 0.15) is 5.69 Å². The van der Waals surface area contributed by atoms with Crippen LogP contribution in [0.5, 0.6) is 0 Å². The number of hydrogen-bond acceptors (Lipinski definition) is 2. The maximum absolute atomic E-state index is 12.9. The minimum absolute atomic E-state index is 0.0692. The first-order chi connectivity index (χ1) is 8.36.